The molecule has 1 saturated heterocycles. The van der Waals surface area contributed by atoms with Crippen LogP contribution in [0.25, 0.3) is 0 Å². The molecule has 1 aromatic carbocycles. The van der Waals surface area contributed by atoms with Gasteiger partial charge in [0.2, 0.25) is 5.91 Å². The first-order chi connectivity index (χ1) is 12.6. The zero-order valence-corrected chi connectivity index (χ0v) is 19.1. The molecule has 27 heavy (non-hydrogen) atoms. The van der Waals surface area contributed by atoms with Gasteiger partial charge in [-0.3, -0.25) is 9.79 Å². The second-order valence-corrected chi connectivity index (χ2v) is 7.06. The van der Waals surface area contributed by atoms with Crippen LogP contribution in [0.5, 0.6) is 0 Å². The Morgan fingerprint density at radius 3 is 2.30 bits per heavy atom. The molecule has 0 radical (unpaired) electrons. The van der Waals surface area contributed by atoms with Crippen molar-refractivity contribution in [2.75, 3.05) is 51.2 Å². The molecule has 0 spiro atoms. The molecule has 0 aromatic heterocycles. The number of nitrogens with zero attached hydrogens (tertiary/aromatic N) is 3. The number of hydrogen-bond donors (Lipinski definition) is 2. The number of carbonyl (C=O) groups is 1. The van der Waals surface area contributed by atoms with Gasteiger partial charge in [-0.2, -0.15) is 0 Å². The third-order valence-corrected chi connectivity index (χ3v) is 4.62. The van der Waals surface area contributed by atoms with Crippen LogP contribution < -0.4 is 15.5 Å². The monoisotopic (exact) mass is 487 g/mol. The van der Waals surface area contributed by atoms with Crippen molar-refractivity contribution in [3.8, 4) is 0 Å². The van der Waals surface area contributed by atoms with Gasteiger partial charge in [-0.15, -0.1) is 24.0 Å². The Morgan fingerprint density at radius 1 is 1.07 bits per heavy atom. The van der Waals surface area contributed by atoms with Crippen molar-refractivity contribution in [2.24, 2.45) is 10.9 Å². The largest absolute Gasteiger partial charge is 0.368 e. The van der Waals surface area contributed by atoms with E-state index in [-0.39, 0.29) is 29.9 Å². The second kappa shape index (κ2) is 12.8. The number of guanidine groups is 1. The molecule has 1 fully saturated rings. The van der Waals surface area contributed by atoms with Crippen LogP contribution in [0, 0.1) is 5.92 Å². The minimum Gasteiger partial charge on any atom is -0.368 e. The minimum atomic E-state index is 0. The zero-order chi connectivity index (χ0) is 18.8. The fraction of sp³-hybridized carbons (Fsp3) is 0.600. The van der Waals surface area contributed by atoms with E-state index in [0.717, 1.165) is 45.1 Å². The molecule has 2 N–H and O–H groups in total. The Morgan fingerprint density at radius 2 is 1.70 bits per heavy atom. The summed E-state index contributed by atoms with van der Waals surface area (Å²) in [6.45, 7) is 9.27. The Hall–Kier alpha value is -1.51. The Kier molecular flexibility index (Phi) is 11.2. The molecule has 1 aromatic rings. The van der Waals surface area contributed by atoms with Gasteiger partial charge in [0, 0.05) is 58.4 Å². The number of amides is 1. The van der Waals surface area contributed by atoms with Crippen LogP contribution in [-0.2, 0) is 4.79 Å². The van der Waals surface area contributed by atoms with Gasteiger partial charge in [0.05, 0.1) is 0 Å². The smallest absolute Gasteiger partial charge is 0.224 e. The molecule has 152 valence electrons. The Bertz CT molecular complexity index is 571. The predicted molar refractivity (Wildman–Crippen MR) is 124 cm³/mol. The molecule has 0 saturated carbocycles. The van der Waals surface area contributed by atoms with Gasteiger partial charge in [0.15, 0.2) is 5.96 Å². The maximum atomic E-state index is 12.4. The predicted octanol–water partition coefficient (Wildman–Crippen LogP) is 2.55. The van der Waals surface area contributed by atoms with Crippen molar-refractivity contribution in [1.82, 2.24) is 15.5 Å². The first-order valence-electron chi connectivity index (χ1n) is 9.62. The van der Waals surface area contributed by atoms with E-state index in [1.54, 1.807) is 7.05 Å². The molecule has 0 unspecified atom stereocenters. The van der Waals surface area contributed by atoms with E-state index in [9.17, 15) is 4.79 Å². The van der Waals surface area contributed by atoms with Gasteiger partial charge in [-0.1, -0.05) is 32.0 Å². The third kappa shape index (κ3) is 8.36. The number of carbonyl (C=O) groups excluding carboxylic acids is 1. The number of para-hydroxylation sites is 1. The number of rotatable bonds is 7. The molecular formula is C20H34IN5O. The lowest BCUT2D eigenvalue weighted by Crippen LogP contribution is -2.49. The van der Waals surface area contributed by atoms with Crippen molar-refractivity contribution in [1.29, 1.82) is 0 Å². The summed E-state index contributed by atoms with van der Waals surface area (Å²) in [6.07, 6.45) is 1.60. The van der Waals surface area contributed by atoms with Crippen LogP contribution in [0.2, 0.25) is 0 Å². The van der Waals surface area contributed by atoms with Crippen LogP contribution in [-0.4, -0.2) is 63.1 Å². The van der Waals surface area contributed by atoms with E-state index >= 15 is 0 Å². The molecule has 7 heteroatoms. The lowest BCUT2D eigenvalue weighted by atomic mass is 10.1. The van der Waals surface area contributed by atoms with Crippen LogP contribution >= 0.6 is 24.0 Å². The molecule has 0 atom stereocenters. The maximum Gasteiger partial charge on any atom is 0.224 e. The highest BCUT2D eigenvalue weighted by Crippen LogP contribution is 2.15. The van der Waals surface area contributed by atoms with E-state index < -0.39 is 0 Å². The summed E-state index contributed by atoms with van der Waals surface area (Å²) in [5.41, 5.74) is 1.23. The van der Waals surface area contributed by atoms with Gasteiger partial charge in [0.25, 0.3) is 0 Å². The summed E-state index contributed by atoms with van der Waals surface area (Å²) in [7, 11) is 1.76. The van der Waals surface area contributed by atoms with Crippen LogP contribution in [0.1, 0.15) is 26.7 Å². The van der Waals surface area contributed by atoms with Crippen LogP contribution in [0.3, 0.4) is 0 Å². The van der Waals surface area contributed by atoms with Crippen molar-refractivity contribution >= 4 is 41.5 Å². The van der Waals surface area contributed by atoms with Gasteiger partial charge in [-0.05, 0) is 24.5 Å². The quantitative estimate of drug-likeness (QED) is 0.353. The number of halogens is 1. The molecule has 0 bridgehead atoms. The molecule has 1 aliphatic heterocycles. The van der Waals surface area contributed by atoms with Crippen LogP contribution in [0.15, 0.2) is 35.3 Å². The number of piperazine rings is 1. The average Bonchev–Trinajstić information content (AvgIpc) is 2.67. The molecule has 6 nitrogen and oxygen atoms in total. The summed E-state index contributed by atoms with van der Waals surface area (Å²) >= 11 is 0. The maximum absolute atomic E-state index is 12.4. The summed E-state index contributed by atoms with van der Waals surface area (Å²) in [4.78, 5) is 20.9. The van der Waals surface area contributed by atoms with Crippen molar-refractivity contribution in [2.45, 2.75) is 26.7 Å². The Balaban J connectivity index is 0.00000364. The molecule has 2 rings (SSSR count). The molecule has 1 aliphatic rings. The zero-order valence-electron chi connectivity index (χ0n) is 16.8. The first kappa shape index (κ1) is 23.5. The summed E-state index contributed by atoms with van der Waals surface area (Å²) in [6, 6.07) is 10.4. The SMILES string of the molecule is CN=C(NCCC(=O)N1CCN(c2ccccc2)CC1)NCCC(C)C.I. The van der Waals surface area contributed by atoms with E-state index in [0.29, 0.717) is 18.9 Å². The second-order valence-electron chi connectivity index (χ2n) is 7.06. The molecule has 0 aliphatic carbocycles. The molecule has 1 amide bonds. The molecular weight excluding hydrogens is 453 g/mol. The third-order valence-electron chi connectivity index (χ3n) is 4.62. The lowest BCUT2D eigenvalue weighted by molar-refractivity contribution is -0.131. The standard InChI is InChI=1S/C20H33N5O.HI/c1-17(2)9-11-22-20(21-3)23-12-10-19(26)25-15-13-24(14-16-25)18-7-5-4-6-8-18;/h4-8,17H,9-16H2,1-3H3,(H2,21,22,23);1H. The van der Waals surface area contributed by atoms with E-state index in [1.165, 1.54) is 5.69 Å². The number of benzene rings is 1. The molecule has 1 heterocycles. The van der Waals surface area contributed by atoms with Crippen molar-refractivity contribution in [3.63, 3.8) is 0 Å². The Labute approximate surface area is 180 Å². The van der Waals surface area contributed by atoms with E-state index in [1.807, 2.05) is 11.0 Å². The van der Waals surface area contributed by atoms with E-state index in [2.05, 4.69) is 58.6 Å². The van der Waals surface area contributed by atoms with Crippen LogP contribution in [0.4, 0.5) is 5.69 Å². The van der Waals surface area contributed by atoms with Gasteiger partial charge in [-0.25, -0.2) is 0 Å². The van der Waals surface area contributed by atoms with E-state index in [4.69, 9.17) is 0 Å². The highest BCUT2D eigenvalue weighted by atomic mass is 127. The first-order valence-corrected chi connectivity index (χ1v) is 9.62. The van der Waals surface area contributed by atoms with Gasteiger partial charge >= 0.3 is 0 Å². The van der Waals surface area contributed by atoms with Crippen molar-refractivity contribution < 1.29 is 4.79 Å². The number of nitrogens with one attached hydrogen (secondary N) is 2. The number of hydrogen-bond acceptors (Lipinski definition) is 3. The van der Waals surface area contributed by atoms with Crippen molar-refractivity contribution in [3.05, 3.63) is 30.3 Å². The average molecular weight is 487 g/mol. The fourth-order valence-corrected chi connectivity index (χ4v) is 3.00. The summed E-state index contributed by atoms with van der Waals surface area (Å²) in [5, 5.41) is 6.51. The summed E-state index contributed by atoms with van der Waals surface area (Å²) in [5.74, 6) is 1.65. The highest BCUT2D eigenvalue weighted by molar-refractivity contribution is 14.0. The fourth-order valence-electron chi connectivity index (χ4n) is 3.00. The number of aliphatic imine (C=N–C) groups is 1. The normalized spacial score (nSPS) is 14.7. The lowest BCUT2D eigenvalue weighted by Gasteiger charge is -2.36. The topological polar surface area (TPSA) is 60.0 Å². The number of anilines is 1. The highest BCUT2D eigenvalue weighted by Gasteiger charge is 2.20. The summed E-state index contributed by atoms with van der Waals surface area (Å²) < 4.78 is 0. The van der Waals surface area contributed by atoms with Gasteiger partial charge in [0.1, 0.15) is 0 Å². The van der Waals surface area contributed by atoms with Gasteiger partial charge < -0.3 is 20.4 Å². The minimum absolute atomic E-state index is 0.